The van der Waals surface area contributed by atoms with E-state index in [1.165, 1.54) is 57.5 Å². The molecule has 0 aliphatic rings. The van der Waals surface area contributed by atoms with Crippen molar-refractivity contribution in [2.75, 3.05) is 12.9 Å². The minimum atomic E-state index is -3.44. The van der Waals surface area contributed by atoms with Crippen molar-refractivity contribution in [2.24, 2.45) is 7.05 Å². The average molecular weight is 588 g/mol. The van der Waals surface area contributed by atoms with Gasteiger partial charge in [-0.1, -0.05) is 19.1 Å². The van der Waals surface area contributed by atoms with E-state index >= 15 is 0 Å². The SMILES string of the molecule is CCS(=O)(=O)Cc1ccc(C(=O)c2ccc(F)c(OC)c2)c(-c2nn(C)c(=O)cc2C(C)OC(=O)NC(C)(C)C)c1. The molecule has 3 aromatic rings. The molecule has 1 unspecified atom stereocenters. The lowest BCUT2D eigenvalue weighted by Crippen LogP contribution is -2.41. The summed E-state index contributed by atoms with van der Waals surface area (Å²) < 4.78 is 50.6. The number of aromatic nitrogens is 2. The molecule has 12 heteroatoms. The zero-order valence-corrected chi connectivity index (χ0v) is 24.9. The summed E-state index contributed by atoms with van der Waals surface area (Å²) in [5.41, 5.74) is 0.0782. The fraction of sp³-hybridized carbons (Fsp3) is 0.379. The normalized spacial score (nSPS) is 12.5. The Kier molecular flexibility index (Phi) is 9.37. The molecule has 1 N–H and O–H groups in total. The molecule has 41 heavy (non-hydrogen) atoms. The number of alkyl carbamates (subject to hydrolysis) is 1. The van der Waals surface area contributed by atoms with Crippen LogP contribution in [-0.2, 0) is 27.4 Å². The Hall–Kier alpha value is -4.06. The van der Waals surface area contributed by atoms with Crippen molar-refractivity contribution >= 4 is 21.7 Å². The van der Waals surface area contributed by atoms with Crippen LogP contribution in [0.4, 0.5) is 9.18 Å². The molecular weight excluding hydrogens is 553 g/mol. The van der Waals surface area contributed by atoms with Gasteiger partial charge in [-0.05, 0) is 57.5 Å². The Morgan fingerprint density at radius 3 is 2.41 bits per heavy atom. The first-order valence-corrected chi connectivity index (χ1v) is 14.7. The maximum Gasteiger partial charge on any atom is 0.408 e. The van der Waals surface area contributed by atoms with E-state index in [9.17, 15) is 27.2 Å². The molecule has 0 radical (unpaired) electrons. The van der Waals surface area contributed by atoms with Gasteiger partial charge >= 0.3 is 6.09 Å². The van der Waals surface area contributed by atoms with Gasteiger partial charge in [0.25, 0.3) is 5.56 Å². The van der Waals surface area contributed by atoms with E-state index in [2.05, 4.69) is 10.4 Å². The van der Waals surface area contributed by atoms with Gasteiger partial charge in [0.1, 0.15) is 6.10 Å². The summed E-state index contributed by atoms with van der Waals surface area (Å²) in [5, 5.41) is 7.08. The molecule has 2 aromatic carbocycles. The van der Waals surface area contributed by atoms with Gasteiger partial charge in [0, 0.05) is 46.7 Å². The van der Waals surface area contributed by atoms with Crippen LogP contribution in [0.2, 0.25) is 0 Å². The lowest BCUT2D eigenvalue weighted by molar-refractivity contribution is 0.0995. The van der Waals surface area contributed by atoms with Crippen LogP contribution in [0.1, 0.15) is 67.8 Å². The molecule has 0 saturated heterocycles. The largest absolute Gasteiger partial charge is 0.494 e. The van der Waals surface area contributed by atoms with Crippen LogP contribution in [-0.4, -0.2) is 48.5 Å². The smallest absolute Gasteiger partial charge is 0.408 e. The van der Waals surface area contributed by atoms with Gasteiger partial charge in [-0.2, -0.15) is 5.10 Å². The molecule has 1 heterocycles. The van der Waals surface area contributed by atoms with Crippen LogP contribution in [0.25, 0.3) is 11.3 Å². The molecule has 1 aromatic heterocycles. The molecule has 3 rings (SSSR count). The molecule has 220 valence electrons. The van der Waals surface area contributed by atoms with Gasteiger partial charge in [-0.3, -0.25) is 9.59 Å². The van der Waals surface area contributed by atoms with E-state index in [0.717, 1.165) is 10.7 Å². The van der Waals surface area contributed by atoms with Crippen molar-refractivity contribution in [3.63, 3.8) is 0 Å². The molecule has 1 amide bonds. The van der Waals surface area contributed by atoms with Crippen molar-refractivity contribution in [2.45, 2.75) is 52.0 Å². The van der Waals surface area contributed by atoms with Crippen LogP contribution in [0.15, 0.2) is 47.3 Å². The number of sulfone groups is 1. The van der Waals surface area contributed by atoms with Gasteiger partial charge in [0.2, 0.25) is 0 Å². The number of hydrogen-bond acceptors (Lipinski definition) is 8. The highest BCUT2D eigenvalue weighted by molar-refractivity contribution is 7.90. The fourth-order valence-electron chi connectivity index (χ4n) is 4.02. The van der Waals surface area contributed by atoms with Crippen molar-refractivity contribution in [3.8, 4) is 17.0 Å². The van der Waals surface area contributed by atoms with Gasteiger partial charge in [-0.25, -0.2) is 22.3 Å². The number of ketones is 1. The van der Waals surface area contributed by atoms with Crippen LogP contribution < -0.4 is 15.6 Å². The zero-order chi connectivity index (χ0) is 30.7. The third-order valence-electron chi connectivity index (χ3n) is 6.14. The number of methoxy groups -OCH3 is 1. The second-order valence-electron chi connectivity index (χ2n) is 10.6. The molecule has 1 atom stereocenters. The third-order valence-corrected chi connectivity index (χ3v) is 7.80. The number of rotatable bonds is 9. The second-order valence-corrected chi connectivity index (χ2v) is 12.9. The van der Waals surface area contributed by atoms with Gasteiger partial charge in [-0.15, -0.1) is 0 Å². The van der Waals surface area contributed by atoms with Crippen molar-refractivity contribution in [1.29, 1.82) is 0 Å². The number of hydrogen-bond donors (Lipinski definition) is 1. The van der Waals surface area contributed by atoms with Crippen LogP contribution in [0.3, 0.4) is 0 Å². The van der Waals surface area contributed by atoms with E-state index in [1.54, 1.807) is 27.7 Å². The Labute approximate surface area is 238 Å². The number of ether oxygens (including phenoxy) is 2. The summed E-state index contributed by atoms with van der Waals surface area (Å²) >= 11 is 0. The summed E-state index contributed by atoms with van der Waals surface area (Å²) in [7, 11) is -0.743. The average Bonchev–Trinajstić information content (AvgIpc) is 2.88. The maximum atomic E-state index is 14.1. The number of aryl methyl sites for hydroxylation is 1. The molecule has 0 bridgehead atoms. The molecule has 0 fully saturated rings. The Morgan fingerprint density at radius 1 is 1.12 bits per heavy atom. The molecule has 0 aliphatic heterocycles. The molecular formula is C29H34FN3O7S. The van der Waals surface area contributed by atoms with Crippen molar-refractivity contribution in [1.82, 2.24) is 15.1 Å². The number of benzene rings is 2. The lowest BCUT2D eigenvalue weighted by atomic mass is 9.92. The van der Waals surface area contributed by atoms with E-state index < -0.39 is 44.7 Å². The summed E-state index contributed by atoms with van der Waals surface area (Å²) in [6.45, 7) is 8.43. The first-order valence-electron chi connectivity index (χ1n) is 12.8. The van der Waals surface area contributed by atoms with Crippen LogP contribution in [0.5, 0.6) is 5.75 Å². The molecule has 0 aliphatic carbocycles. The van der Waals surface area contributed by atoms with Gasteiger partial charge in [0.05, 0.1) is 18.6 Å². The number of halogens is 1. The maximum absolute atomic E-state index is 14.1. The van der Waals surface area contributed by atoms with E-state index in [0.29, 0.717) is 5.56 Å². The number of nitrogens with zero attached hydrogens (tertiary/aromatic N) is 2. The summed E-state index contributed by atoms with van der Waals surface area (Å²) in [4.78, 5) is 38.9. The third kappa shape index (κ3) is 7.78. The number of nitrogens with one attached hydrogen (secondary N) is 1. The molecule has 0 spiro atoms. The number of amides is 1. The number of carbonyl (C=O) groups is 2. The van der Waals surface area contributed by atoms with Crippen LogP contribution >= 0.6 is 0 Å². The highest BCUT2D eigenvalue weighted by Gasteiger charge is 2.26. The van der Waals surface area contributed by atoms with E-state index in [4.69, 9.17) is 9.47 Å². The van der Waals surface area contributed by atoms with Crippen molar-refractivity contribution in [3.05, 3.63) is 80.9 Å². The molecule has 0 saturated carbocycles. The van der Waals surface area contributed by atoms with E-state index in [-0.39, 0.29) is 45.2 Å². The fourth-order valence-corrected chi connectivity index (χ4v) is 4.91. The molecule has 10 nitrogen and oxygen atoms in total. The Morgan fingerprint density at radius 2 is 1.80 bits per heavy atom. The highest BCUT2D eigenvalue weighted by atomic mass is 32.2. The predicted molar refractivity (Wildman–Crippen MR) is 152 cm³/mol. The quantitative estimate of drug-likeness (QED) is 0.366. The van der Waals surface area contributed by atoms with Gasteiger partial charge < -0.3 is 14.8 Å². The Bertz CT molecular complexity index is 1640. The predicted octanol–water partition coefficient (Wildman–Crippen LogP) is 4.35. The Balaban J connectivity index is 2.25. The standard InChI is InChI=1S/C29H34FN3O7S/c1-8-41(37,38)16-18-9-11-20(27(35)19-10-12-23(30)24(14-19)39-7)22(13-18)26-21(15-25(34)33(6)32-26)17(2)40-28(36)31-29(3,4)5/h9-15,17H,8,16H2,1-7H3,(H,31,36). The summed E-state index contributed by atoms with van der Waals surface area (Å²) in [5.74, 6) is -1.68. The minimum absolute atomic E-state index is 0.0878. The lowest BCUT2D eigenvalue weighted by Gasteiger charge is -2.23. The highest BCUT2D eigenvalue weighted by Crippen LogP contribution is 2.33. The monoisotopic (exact) mass is 587 g/mol. The zero-order valence-electron chi connectivity index (χ0n) is 24.1. The van der Waals surface area contributed by atoms with E-state index in [1.807, 2.05) is 0 Å². The minimum Gasteiger partial charge on any atom is -0.494 e. The van der Waals surface area contributed by atoms with Crippen molar-refractivity contribution < 1.29 is 31.9 Å². The topological polar surface area (TPSA) is 134 Å². The summed E-state index contributed by atoms with van der Waals surface area (Å²) in [6, 6.07) is 9.41. The second kappa shape index (κ2) is 12.2. The van der Waals surface area contributed by atoms with Crippen LogP contribution in [0, 0.1) is 5.82 Å². The van der Waals surface area contributed by atoms with Gasteiger partial charge in [0.15, 0.2) is 27.2 Å². The number of carbonyl (C=O) groups excluding carboxylic acids is 2. The first-order chi connectivity index (χ1) is 19.0. The summed E-state index contributed by atoms with van der Waals surface area (Å²) in [6.07, 6.45) is -1.71. The first kappa shape index (κ1) is 31.5.